The van der Waals surface area contributed by atoms with E-state index in [1.165, 1.54) is 0 Å². The summed E-state index contributed by atoms with van der Waals surface area (Å²) in [6.07, 6.45) is 1.74. The fraction of sp³-hybridized carbons (Fsp3) is 0.556. The molecule has 2 N–H and O–H groups in total. The van der Waals surface area contributed by atoms with Gasteiger partial charge in [0.25, 0.3) is 0 Å². The van der Waals surface area contributed by atoms with E-state index in [0.717, 1.165) is 24.1 Å². The lowest BCUT2D eigenvalue weighted by atomic mass is 9.90. The number of carbonyl (C=O) groups is 2. The Kier molecular flexibility index (Phi) is 6.60. The molecule has 0 saturated carbocycles. The molecule has 4 heteroatoms. The Morgan fingerprint density at radius 1 is 1.14 bits per heavy atom. The van der Waals surface area contributed by atoms with Gasteiger partial charge in [0.15, 0.2) is 0 Å². The van der Waals surface area contributed by atoms with Gasteiger partial charge in [-0.05, 0) is 44.2 Å². The van der Waals surface area contributed by atoms with Crippen molar-refractivity contribution in [2.75, 3.05) is 11.9 Å². The summed E-state index contributed by atoms with van der Waals surface area (Å²) < 4.78 is 0. The van der Waals surface area contributed by atoms with Crippen LogP contribution in [-0.4, -0.2) is 18.4 Å². The lowest BCUT2D eigenvalue weighted by Gasteiger charge is -2.23. The van der Waals surface area contributed by atoms with Gasteiger partial charge in [0.1, 0.15) is 5.41 Å². The Bertz CT molecular complexity index is 522. The summed E-state index contributed by atoms with van der Waals surface area (Å²) in [5.74, 6) is 0.00347. The van der Waals surface area contributed by atoms with Gasteiger partial charge in [0.05, 0.1) is 0 Å². The first-order valence-corrected chi connectivity index (χ1v) is 7.96. The van der Waals surface area contributed by atoms with Gasteiger partial charge < -0.3 is 10.6 Å². The van der Waals surface area contributed by atoms with Crippen LogP contribution in [0.5, 0.6) is 0 Å². The minimum absolute atomic E-state index is 0.236. The highest BCUT2D eigenvalue weighted by Gasteiger charge is 2.36. The summed E-state index contributed by atoms with van der Waals surface area (Å²) in [6, 6.07) is 7.66. The topological polar surface area (TPSA) is 58.2 Å². The number of hydrogen-bond donors (Lipinski definition) is 2. The predicted octanol–water partition coefficient (Wildman–Crippen LogP) is 3.38. The van der Waals surface area contributed by atoms with Gasteiger partial charge in [-0.1, -0.05) is 39.0 Å². The van der Waals surface area contributed by atoms with Crippen LogP contribution in [0.3, 0.4) is 0 Å². The van der Waals surface area contributed by atoms with E-state index in [0.29, 0.717) is 12.5 Å². The fourth-order valence-electron chi connectivity index (χ4n) is 2.03. The minimum atomic E-state index is -1.10. The maximum absolute atomic E-state index is 12.5. The molecule has 0 heterocycles. The molecule has 0 spiro atoms. The van der Waals surface area contributed by atoms with Crippen LogP contribution in [-0.2, 0) is 16.0 Å². The van der Waals surface area contributed by atoms with Gasteiger partial charge in [-0.2, -0.15) is 0 Å². The molecule has 0 aliphatic rings. The number of carbonyl (C=O) groups excluding carboxylic acids is 2. The molecule has 22 heavy (non-hydrogen) atoms. The van der Waals surface area contributed by atoms with Crippen molar-refractivity contribution in [2.45, 2.75) is 47.5 Å². The number of nitrogens with one attached hydrogen (secondary N) is 2. The quantitative estimate of drug-likeness (QED) is 0.759. The third kappa shape index (κ3) is 4.86. The molecular weight excluding hydrogens is 276 g/mol. The number of hydrogen-bond acceptors (Lipinski definition) is 2. The van der Waals surface area contributed by atoms with E-state index in [2.05, 4.69) is 24.5 Å². The molecule has 0 aliphatic carbocycles. The third-order valence-corrected chi connectivity index (χ3v) is 3.79. The number of rotatable bonds is 7. The monoisotopic (exact) mass is 304 g/mol. The normalized spacial score (nSPS) is 11.4. The number of amides is 2. The van der Waals surface area contributed by atoms with Crippen LogP contribution < -0.4 is 10.6 Å². The van der Waals surface area contributed by atoms with Crippen molar-refractivity contribution in [3.63, 3.8) is 0 Å². The van der Waals surface area contributed by atoms with Gasteiger partial charge in [-0.3, -0.25) is 9.59 Å². The minimum Gasteiger partial charge on any atom is -0.355 e. The van der Waals surface area contributed by atoms with Crippen molar-refractivity contribution >= 4 is 17.5 Å². The molecule has 1 rings (SSSR count). The first-order valence-electron chi connectivity index (χ1n) is 7.96. The van der Waals surface area contributed by atoms with Gasteiger partial charge in [-0.15, -0.1) is 0 Å². The van der Waals surface area contributed by atoms with Crippen LogP contribution >= 0.6 is 0 Å². The predicted molar refractivity (Wildman–Crippen MR) is 90.7 cm³/mol. The van der Waals surface area contributed by atoms with E-state index in [9.17, 15) is 9.59 Å². The molecule has 1 aromatic rings. The van der Waals surface area contributed by atoms with Gasteiger partial charge in [-0.25, -0.2) is 0 Å². The van der Waals surface area contributed by atoms with E-state index < -0.39 is 5.41 Å². The molecule has 122 valence electrons. The fourth-order valence-corrected chi connectivity index (χ4v) is 2.03. The van der Waals surface area contributed by atoms with E-state index in [-0.39, 0.29) is 11.8 Å². The molecule has 0 atom stereocenters. The molecular formula is C18H28N2O2. The second-order valence-electron chi connectivity index (χ2n) is 6.53. The number of anilines is 1. The van der Waals surface area contributed by atoms with Crippen LogP contribution in [0, 0.1) is 11.3 Å². The second-order valence-corrected chi connectivity index (χ2v) is 6.53. The zero-order valence-electron chi connectivity index (χ0n) is 14.3. The van der Waals surface area contributed by atoms with E-state index in [1.54, 1.807) is 13.8 Å². The van der Waals surface area contributed by atoms with Crippen molar-refractivity contribution in [2.24, 2.45) is 11.3 Å². The lowest BCUT2D eigenvalue weighted by Crippen LogP contribution is -2.45. The van der Waals surface area contributed by atoms with Gasteiger partial charge in [0.2, 0.25) is 11.8 Å². The number of benzene rings is 1. The highest BCUT2D eigenvalue weighted by atomic mass is 16.2. The zero-order valence-corrected chi connectivity index (χ0v) is 14.3. The molecule has 1 aromatic carbocycles. The van der Waals surface area contributed by atoms with E-state index >= 15 is 0 Å². The first-order chi connectivity index (χ1) is 10.3. The molecule has 0 radical (unpaired) electrons. The molecule has 0 unspecified atom stereocenters. The average molecular weight is 304 g/mol. The van der Waals surface area contributed by atoms with E-state index in [4.69, 9.17) is 0 Å². The Morgan fingerprint density at radius 3 is 2.36 bits per heavy atom. The van der Waals surface area contributed by atoms with Crippen LogP contribution in [0.2, 0.25) is 0 Å². The molecule has 0 saturated heterocycles. The van der Waals surface area contributed by atoms with Crippen molar-refractivity contribution in [1.82, 2.24) is 5.32 Å². The van der Waals surface area contributed by atoms with Crippen molar-refractivity contribution in [3.05, 3.63) is 29.8 Å². The van der Waals surface area contributed by atoms with Crippen LogP contribution in [0.15, 0.2) is 24.3 Å². The molecule has 0 aliphatic heterocycles. The molecule has 0 fully saturated rings. The molecule has 2 amide bonds. The van der Waals surface area contributed by atoms with Crippen LogP contribution in [0.25, 0.3) is 0 Å². The second kappa shape index (κ2) is 7.97. The molecule has 0 bridgehead atoms. The Hall–Kier alpha value is -1.84. The zero-order chi connectivity index (χ0) is 16.8. The summed E-state index contributed by atoms with van der Waals surface area (Å²) in [7, 11) is 0. The summed E-state index contributed by atoms with van der Waals surface area (Å²) in [4.78, 5) is 24.7. The Labute approximate surface area is 133 Å². The van der Waals surface area contributed by atoms with Crippen molar-refractivity contribution < 1.29 is 9.59 Å². The standard InChI is InChI=1S/C18H28N2O2/c1-6-14-9-7-8-10-15(14)20-17(22)18(4,5)16(21)19-12-11-13(2)3/h7-10,13H,6,11-12H2,1-5H3,(H,19,21)(H,20,22). The third-order valence-electron chi connectivity index (χ3n) is 3.79. The summed E-state index contributed by atoms with van der Waals surface area (Å²) in [6.45, 7) is 10.1. The van der Waals surface area contributed by atoms with Crippen LogP contribution in [0.1, 0.15) is 46.6 Å². The average Bonchev–Trinajstić information content (AvgIpc) is 2.47. The van der Waals surface area contributed by atoms with Gasteiger partial charge in [0, 0.05) is 12.2 Å². The SMILES string of the molecule is CCc1ccccc1NC(=O)C(C)(C)C(=O)NCCC(C)C. The molecule has 0 aromatic heterocycles. The first kappa shape index (κ1) is 18.2. The number of para-hydroxylation sites is 1. The Balaban J connectivity index is 2.71. The highest BCUT2D eigenvalue weighted by molar-refractivity contribution is 6.10. The smallest absolute Gasteiger partial charge is 0.239 e. The summed E-state index contributed by atoms with van der Waals surface area (Å²) >= 11 is 0. The lowest BCUT2D eigenvalue weighted by molar-refractivity contribution is -0.138. The van der Waals surface area contributed by atoms with Gasteiger partial charge >= 0.3 is 0 Å². The Morgan fingerprint density at radius 2 is 1.77 bits per heavy atom. The number of aryl methyl sites for hydroxylation is 1. The maximum atomic E-state index is 12.5. The molecule has 4 nitrogen and oxygen atoms in total. The van der Waals surface area contributed by atoms with Crippen LogP contribution in [0.4, 0.5) is 5.69 Å². The van der Waals surface area contributed by atoms with E-state index in [1.807, 2.05) is 31.2 Å². The maximum Gasteiger partial charge on any atom is 0.239 e. The largest absolute Gasteiger partial charge is 0.355 e. The highest BCUT2D eigenvalue weighted by Crippen LogP contribution is 2.22. The summed E-state index contributed by atoms with van der Waals surface area (Å²) in [5.41, 5.74) is 0.739. The summed E-state index contributed by atoms with van der Waals surface area (Å²) in [5, 5.41) is 5.73. The van der Waals surface area contributed by atoms with Crippen molar-refractivity contribution in [1.29, 1.82) is 0 Å². The van der Waals surface area contributed by atoms with Crippen molar-refractivity contribution in [3.8, 4) is 0 Å².